The molecule has 2 saturated heterocycles. The van der Waals surface area contributed by atoms with Crippen LogP contribution in [0.1, 0.15) is 54.4 Å². The number of hydrogen-bond donors (Lipinski definition) is 1. The number of carbonyl (C=O) groups excluding carboxylic acids is 1. The fraction of sp³-hybridized carbons (Fsp3) is 0.652. The molecule has 2 aliphatic heterocycles. The number of piperidine rings is 1. The highest BCUT2D eigenvalue weighted by Gasteiger charge is 2.18. The second-order valence-electron chi connectivity index (χ2n) is 8.22. The normalized spacial score (nSPS) is 17.9. The lowest BCUT2D eigenvalue weighted by molar-refractivity contribution is 0.0625. The van der Waals surface area contributed by atoms with Crippen LogP contribution in [0, 0.1) is 5.92 Å². The summed E-state index contributed by atoms with van der Waals surface area (Å²) in [5.41, 5.74) is 1.94. The molecule has 30 heavy (non-hydrogen) atoms. The maximum absolute atomic E-state index is 12.6. The van der Waals surface area contributed by atoms with E-state index < -0.39 is 0 Å². The maximum Gasteiger partial charge on any atom is 0.253 e. The van der Waals surface area contributed by atoms with Gasteiger partial charge in [-0.3, -0.25) is 9.79 Å². The van der Waals surface area contributed by atoms with Gasteiger partial charge in [0, 0.05) is 59.1 Å². The third-order valence-electron chi connectivity index (χ3n) is 6.08. The first-order valence-corrected chi connectivity index (χ1v) is 11.0. The van der Waals surface area contributed by atoms with E-state index in [1.165, 1.54) is 25.7 Å². The van der Waals surface area contributed by atoms with Gasteiger partial charge in [0.25, 0.3) is 5.91 Å². The Kier molecular flexibility index (Phi) is 10.9. The lowest BCUT2D eigenvalue weighted by Gasteiger charge is -2.27. The van der Waals surface area contributed by atoms with Crippen molar-refractivity contribution in [1.29, 1.82) is 0 Å². The van der Waals surface area contributed by atoms with Crippen LogP contribution in [0.3, 0.4) is 0 Å². The number of halogens is 1. The lowest BCUT2D eigenvalue weighted by atomic mass is 9.96. The highest BCUT2D eigenvalue weighted by molar-refractivity contribution is 14.0. The highest BCUT2D eigenvalue weighted by Crippen LogP contribution is 2.18. The summed E-state index contributed by atoms with van der Waals surface area (Å²) in [6.07, 6.45) is 6.99. The predicted molar refractivity (Wildman–Crippen MR) is 133 cm³/mol. The van der Waals surface area contributed by atoms with Gasteiger partial charge >= 0.3 is 0 Å². The Bertz CT molecular complexity index is 668. The summed E-state index contributed by atoms with van der Waals surface area (Å²) in [6, 6.07) is 7.98. The first-order chi connectivity index (χ1) is 14.2. The summed E-state index contributed by atoms with van der Waals surface area (Å²) < 4.78 is 5.45. The van der Waals surface area contributed by atoms with Crippen LogP contribution in [0.4, 0.5) is 0 Å². The van der Waals surface area contributed by atoms with Crippen molar-refractivity contribution in [2.45, 2.75) is 45.1 Å². The van der Waals surface area contributed by atoms with E-state index in [4.69, 9.17) is 4.74 Å². The average molecular weight is 528 g/mol. The van der Waals surface area contributed by atoms with Gasteiger partial charge in [0.1, 0.15) is 0 Å². The highest BCUT2D eigenvalue weighted by atomic mass is 127. The summed E-state index contributed by atoms with van der Waals surface area (Å²) in [6.45, 7) is 5.27. The Morgan fingerprint density at radius 2 is 1.83 bits per heavy atom. The van der Waals surface area contributed by atoms with Gasteiger partial charge in [-0.2, -0.15) is 0 Å². The van der Waals surface area contributed by atoms with Crippen molar-refractivity contribution in [3.8, 4) is 0 Å². The summed E-state index contributed by atoms with van der Waals surface area (Å²) in [5, 5.41) is 3.44. The zero-order chi connectivity index (χ0) is 20.5. The third-order valence-corrected chi connectivity index (χ3v) is 6.08. The number of aliphatic imine (C=N–C) groups is 1. The van der Waals surface area contributed by atoms with Crippen molar-refractivity contribution in [3.63, 3.8) is 0 Å². The molecular weight excluding hydrogens is 491 g/mol. The molecule has 2 fully saturated rings. The minimum atomic E-state index is 0. The Hall–Kier alpha value is -1.35. The molecule has 1 N–H and O–H groups in total. The van der Waals surface area contributed by atoms with Gasteiger partial charge in [0.2, 0.25) is 0 Å². The number of carbonyl (C=O) groups is 1. The van der Waals surface area contributed by atoms with Gasteiger partial charge in [-0.05, 0) is 62.1 Å². The van der Waals surface area contributed by atoms with Crippen LogP contribution >= 0.6 is 24.0 Å². The predicted octanol–water partition coefficient (Wildman–Crippen LogP) is 3.75. The van der Waals surface area contributed by atoms with Gasteiger partial charge in [-0.15, -0.1) is 24.0 Å². The van der Waals surface area contributed by atoms with Crippen molar-refractivity contribution in [2.75, 3.05) is 46.9 Å². The molecule has 2 heterocycles. The molecule has 0 saturated carbocycles. The number of amides is 1. The summed E-state index contributed by atoms with van der Waals surface area (Å²) in [5.74, 6) is 1.83. The molecule has 0 aromatic heterocycles. The van der Waals surface area contributed by atoms with Crippen molar-refractivity contribution < 1.29 is 9.53 Å². The molecule has 1 aromatic carbocycles. The summed E-state index contributed by atoms with van der Waals surface area (Å²) in [4.78, 5) is 21.2. The van der Waals surface area contributed by atoms with Crippen LogP contribution in [0.25, 0.3) is 0 Å². The molecule has 7 heteroatoms. The second kappa shape index (κ2) is 13.1. The molecule has 0 bridgehead atoms. The molecule has 6 nitrogen and oxygen atoms in total. The van der Waals surface area contributed by atoms with Crippen molar-refractivity contribution >= 4 is 35.8 Å². The number of nitrogens with one attached hydrogen (secondary N) is 1. The molecular formula is C23H37IN4O2. The zero-order valence-electron chi connectivity index (χ0n) is 18.4. The van der Waals surface area contributed by atoms with E-state index in [1.807, 2.05) is 36.2 Å². The minimum absolute atomic E-state index is 0. The topological polar surface area (TPSA) is 57.2 Å². The van der Waals surface area contributed by atoms with Gasteiger partial charge in [-0.1, -0.05) is 12.1 Å². The Morgan fingerprint density at radius 3 is 2.47 bits per heavy atom. The van der Waals surface area contributed by atoms with E-state index >= 15 is 0 Å². The fourth-order valence-electron chi connectivity index (χ4n) is 4.13. The van der Waals surface area contributed by atoms with Gasteiger partial charge in [-0.25, -0.2) is 0 Å². The third kappa shape index (κ3) is 7.41. The molecule has 0 atom stereocenters. The number of guanidine groups is 1. The Labute approximate surface area is 198 Å². The van der Waals surface area contributed by atoms with Crippen LogP contribution in [-0.2, 0) is 11.3 Å². The van der Waals surface area contributed by atoms with E-state index in [1.54, 1.807) is 0 Å². The van der Waals surface area contributed by atoms with Gasteiger partial charge in [0.05, 0.1) is 0 Å². The summed E-state index contributed by atoms with van der Waals surface area (Å²) in [7, 11) is 3.92. The average Bonchev–Trinajstić information content (AvgIpc) is 2.79. The van der Waals surface area contributed by atoms with Crippen molar-refractivity contribution in [2.24, 2.45) is 10.9 Å². The number of hydrogen-bond acceptors (Lipinski definition) is 3. The number of nitrogens with zero attached hydrogens (tertiary/aromatic N) is 3. The van der Waals surface area contributed by atoms with E-state index in [0.29, 0.717) is 6.54 Å². The van der Waals surface area contributed by atoms with Crippen molar-refractivity contribution in [3.05, 3.63) is 35.4 Å². The fourth-order valence-corrected chi connectivity index (χ4v) is 4.13. The molecule has 2 aliphatic rings. The van der Waals surface area contributed by atoms with E-state index in [0.717, 1.165) is 68.7 Å². The number of benzene rings is 1. The number of ether oxygens (including phenoxy) is 1. The molecule has 0 spiro atoms. The van der Waals surface area contributed by atoms with Crippen LogP contribution in [0.15, 0.2) is 29.3 Å². The van der Waals surface area contributed by atoms with Crippen molar-refractivity contribution in [1.82, 2.24) is 15.1 Å². The van der Waals surface area contributed by atoms with Crippen LogP contribution in [0.5, 0.6) is 0 Å². The quantitative estimate of drug-likeness (QED) is 0.347. The zero-order valence-corrected chi connectivity index (χ0v) is 20.8. The van der Waals surface area contributed by atoms with E-state index in [9.17, 15) is 4.79 Å². The van der Waals surface area contributed by atoms with Gasteiger partial charge in [0.15, 0.2) is 5.96 Å². The standard InChI is InChI=1S/C23H36N4O2.HI/c1-24-23(26(2)15-10-19-11-16-29-17-12-19)25-18-20-6-8-21(9-7-20)22(28)27-13-4-3-5-14-27;/h6-9,19H,3-5,10-18H2,1-2H3,(H,24,25);1H. The van der Waals surface area contributed by atoms with E-state index in [-0.39, 0.29) is 29.9 Å². The second-order valence-corrected chi connectivity index (χ2v) is 8.22. The first kappa shape index (κ1) is 24.9. The van der Waals surface area contributed by atoms with Gasteiger partial charge < -0.3 is 19.9 Å². The number of likely N-dealkylation sites (tertiary alicyclic amines) is 1. The molecule has 0 unspecified atom stereocenters. The first-order valence-electron chi connectivity index (χ1n) is 11.0. The largest absolute Gasteiger partial charge is 0.381 e. The molecule has 1 amide bonds. The molecule has 3 rings (SSSR count). The maximum atomic E-state index is 12.6. The lowest BCUT2D eigenvalue weighted by Crippen LogP contribution is -2.39. The molecule has 1 aromatic rings. The number of rotatable bonds is 6. The molecule has 0 aliphatic carbocycles. The van der Waals surface area contributed by atoms with Crippen LogP contribution in [-0.4, -0.2) is 68.6 Å². The van der Waals surface area contributed by atoms with Crippen LogP contribution in [0.2, 0.25) is 0 Å². The summed E-state index contributed by atoms with van der Waals surface area (Å²) >= 11 is 0. The SMILES string of the molecule is CN=C(NCc1ccc(C(=O)N2CCCCC2)cc1)N(C)CCC1CCOCC1.I. The molecule has 0 radical (unpaired) electrons. The van der Waals surface area contributed by atoms with E-state index in [2.05, 4.69) is 22.3 Å². The smallest absolute Gasteiger partial charge is 0.253 e. The Balaban J connectivity index is 0.00000320. The minimum Gasteiger partial charge on any atom is -0.381 e. The van der Waals surface area contributed by atoms with Crippen LogP contribution < -0.4 is 5.32 Å². The Morgan fingerprint density at radius 1 is 1.17 bits per heavy atom. The monoisotopic (exact) mass is 528 g/mol. The molecule has 168 valence electrons.